The van der Waals surface area contributed by atoms with Crippen LogP contribution >= 0.6 is 0 Å². The molecule has 0 atom stereocenters. The van der Waals surface area contributed by atoms with Gasteiger partial charge < -0.3 is 14.6 Å². The summed E-state index contributed by atoms with van der Waals surface area (Å²) >= 11 is 0. The Morgan fingerprint density at radius 2 is 2.08 bits per heavy atom. The average Bonchev–Trinajstić information content (AvgIpc) is 2.09. The number of aromatic hydroxyl groups is 1. The second kappa shape index (κ2) is 4.72. The smallest absolute Gasteiger partial charge is 0.161 e. The highest BCUT2D eigenvalue weighted by molar-refractivity contribution is 5.41. The number of hydrogen-bond donors (Lipinski definition) is 1. The zero-order valence-corrected chi connectivity index (χ0v) is 7.91. The van der Waals surface area contributed by atoms with Gasteiger partial charge in [0, 0.05) is 7.11 Å². The van der Waals surface area contributed by atoms with Crippen molar-refractivity contribution in [1.29, 1.82) is 0 Å². The highest BCUT2D eigenvalue weighted by Gasteiger charge is 2.00. The van der Waals surface area contributed by atoms with E-state index >= 15 is 0 Å². The van der Waals surface area contributed by atoms with Gasteiger partial charge in [-0.2, -0.15) is 0 Å². The van der Waals surface area contributed by atoms with E-state index in [1.807, 2.05) is 13.0 Å². The summed E-state index contributed by atoms with van der Waals surface area (Å²) in [6.07, 6.45) is 0. The summed E-state index contributed by atoms with van der Waals surface area (Å²) in [7, 11) is 1.61. The minimum absolute atomic E-state index is 0.177. The van der Waals surface area contributed by atoms with Crippen LogP contribution in [-0.2, 0) is 4.74 Å². The Bertz CT molecular complexity index is 271. The minimum Gasteiger partial charge on any atom is -0.504 e. The number of phenols is 1. The van der Waals surface area contributed by atoms with Gasteiger partial charge in [-0.05, 0) is 24.6 Å². The Morgan fingerprint density at radius 3 is 2.69 bits per heavy atom. The lowest BCUT2D eigenvalue weighted by Crippen LogP contribution is -2.04. The van der Waals surface area contributed by atoms with Crippen molar-refractivity contribution in [2.75, 3.05) is 20.3 Å². The first-order chi connectivity index (χ1) is 6.24. The van der Waals surface area contributed by atoms with Crippen LogP contribution in [0.25, 0.3) is 0 Å². The van der Waals surface area contributed by atoms with Crippen molar-refractivity contribution in [2.24, 2.45) is 0 Å². The summed E-state index contributed by atoms with van der Waals surface area (Å²) in [5.41, 5.74) is 1.01. The molecule has 1 aromatic rings. The van der Waals surface area contributed by atoms with E-state index in [1.165, 1.54) is 0 Å². The molecule has 13 heavy (non-hydrogen) atoms. The highest BCUT2D eigenvalue weighted by Crippen LogP contribution is 2.26. The molecular weight excluding hydrogens is 168 g/mol. The number of ether oxygens (including phenoxy) is 2. The Balaban J connectivity index is 2.56. The maximum absolute atomic E-state index is 9.42. The molecule has 0 amide bonds. The lowest BCUT2D eigenvalue weighted by Gasteiger charge is -2.07. The number of hydrogen-bond acceptors (Lipinski definition) is 3. The molecule has 3 nitrogen and oxygen atoms in total. The van der Waals surface area contributed by atoms with E-state index in [2.05, 4.69) is 0 Å². The zero-order chi connectivity index (χ0) is 9.68. The van der Waals surface area contributed by atoms with E-state index in [-0.39, 0.29) is 5.75 Å². The summed E-state index contributed by atoms with van der Waals surface area (Å²) in [4.78, 5) is 0. The molecule has 0 unspecified atom stereocenters. The quantitative estimate of drug-likeness (QED) is 0.720. The molecule has 1 rings (SSSR count). The standard InChI is InChI=1S/C10H14O3/c1-8-3-4-10(9(11)7-8)13-6-5-12-2/h3-4,7,11H,5-6H2,1-2H3. The molecule has 0 spiro atoms. The maximum Gasteiger partial charge on any atom is 0.161 e. The van der Waals surface area contributed by atoms with Gasteiger partial charge in [0.1, 0.15) is 6.61 Å². The highest BCUT2D eigenvalue weighted by atomic mass is 16.5. The van der Waals surface area contributed by atoms with E-state index < -0.39 is 0 Å². The second-order valence-electron chi connectivity index (χ2n) is 2.81. The molecule has 1 N–H and O–H groups in total. The van der Waals surface area contributed by atoms with Crippen molar-refractivity contribution < 1.29 is 14.6 Å². The Morgan fingerprint density at radius 1 is 1.31 bits per heavy atom. The van der Waals surface area contributed by atoms with Gasteiger partial charge in [0.2, 0.25) is 0 Å². The minimum atomic E-state index is 0.177. The van der Waals surface area contributed by atoms with Crippen molar-refractivity contribution in [2.45, 2.75) is 6.92 Å². The predicted molar refractivity (Wildman–Crippen MR) is 50.2 cm³/mol. The van der Waals surface area contributed by atoms with Crippen molar-refractivity contribution in [3.05, 3.63) is 23.8 Å². The fourth-order valence-electron chi connectivity index (χ4n) is 0.984. The number of rotatable bonds is 4. The number of methoxy groups -OCH3 is 1. The van der Waals surface area contributed by atoms with Crippen LogP contribution < -0.4 is 4.74 Å². The Hall–Kier alpha value is -1.22. The molecular formula is C10H14O3. The Kier molecular flexibility index (Phi) is 3.58. The molecule has 0 aliphatic rings. The summed E-state index contributed by atoms with van der Waals surface area (Å²) in [6.45, 7) is 2.89. The number of benzene rings is 1. The van der Waals surface area contributed by atoms with Gasteiger partial charge in [-0.15, -0.1) is 0 Å². The van der Waals surface area contributed by atoms with Crippen molar-refractivity contribution in [3.63, 3.8) is 0 Å². The summed E-state index contributed by atoms with van der Waals surface area (Å²) in [5.74, 6) is 0.679. The fraction of sp³-hybridized carbons (Fsp3) is 0.400. The van der Waals surface area contributed by atoms with Crippen LogP contribution in [-0.4, -0.2) is 25.4 Å². The first-order valence-corrected chi connectivity index (χ1v) is 4.15. The molecule has 0 aliphatic heterocycles. The van der Waals surface area contributed by atoms with Gasteiger partial charge >= 0.3 is 0 Å². The van der Waals surface area contributed by atoms with Crippen molar-refractivity contribution in [1.82, 2.24) is 0 Å². The van der Waals surface area contributed by atoms with E-state index in [9.17, 15) is 5.11 Å². The third-order valence-corrected chi connectivity index (χ3v) is 1.66. The molecule has 0 heterocycles. The first-order valence-electron chi connectivity index (χ1n) is 4.15. The molecule has 1 aromatic carbocycles. The maximum atomic E-state index is 9.42. The predicted octanol–water partition coefficient (Wildman–Crippen LogP) is 1.73. The van der Waals surface area contributed by atoms with Crippen LogP contribution in [0.5, 0.6) is 11.5 Å². The third kappa shape index (κ3) is 2.95. The average molecular weight is 182 g/mol. The van der Waals surface area contributed by atoms with Gasteiger partial charge in [-0.25, -0.2) is 0 Å². The molecule has 0 saturated heterocycles. The molecule has 3 heteroatoms. The second-order valence-corrected chi connectivity index (χ2v) is 2.81. The van der Waals surface area contributed by atoms with E-state index in [1.54, 1.807) is 19.2 Å². The largest absolute Gasteiger partial charge is 0.504 e. The molecule has 0 bridgehead atoms. The summed E-state index contributed by atoms with van der Waals surface area (Å²) < 4.78 is 10.1. The first kappa shape index (κ1) is 9.86. The lowest BCUT2D eigenvalue weighted by atomic mass is 10.2. The summed E-state index contributed by atoms with van der Waals surface area (Å²) in [6, 6.07) is 5.31. The topological polar surface area (TPSA) is 38.7 Å². The third-order valence-electron chi connectivity index (χ3n) is 1.66. The molecule has 0 fully saturated rings. The van der Waals surface area contributed by atoms with E-state index in [4.69, 9.17) is 9.47 Å². The molecule has 0 aromatic heterocycles. The van der Waals surface area contributed by atoms with E-state index in [0.717, 1.165) is 5.56 Å². The monoisotopic (exact) mass is 182 g/mol. The van der Waals surface area contributed by atoms with Gasteiger partial charge in [-0.3, -0.25) is 0 Å². The van der Waals surface area contributed by atoms with Crippen LogP contribution in [0.3, 0.4) is 0 Å². The van der Waals surface area contributed by atoms with Crippen LogP contribution in [0, 0.1) is 6.92 Å². The van der Waals surface area contributed by atoms with Gasteiger partial charge in [0.15, 0.2) is 11.5 Å². The van der Waals surface area contributed by atoms with E-state index in [0.29, 0.717) is 19.0 Å². The zero-order valence-electron chi connectivity index (χ0n) is 7.91. The molecule has 0 radical (unpaired) electrons. The van der Waals surface area contributed by atoms with Gasteiger partial charge in [-0.1, -0.05) is 6.07 Å². The lowest BCUT2D eigenvalue weighted by molar-refractivity contribution is 0.144. The SMILES string of the molecule is COCCOc1ccc(C)cc1O. The fourth-order valence-corrected chi connectivity index (χ4v) is 0.984. The molecule has 0 saturated carbocycles. The number of phenolic OH excluding ortho intramolecular Hbond substituents is 1. The van der Waals surface area contributed by atoms with Crippen LogP contribution in [0.2, 0.25) is 0 Å². The normalized spacial score (nSPS) is 10.0. The molecule has 72 valence electrons. The van der Waals surface area contributed by atoms with Crippen molar-refractivity contribution >= 4 is 0 Å². The van der Waals surface area contributed by atoms with Gasteiger partial charge in [0.25, 0.3) is 0 Å². The Labute approximate surface area is 77.9 Å². The van der Waals surface area contributed by atoms with Crippen LogP contribution in [0.1, 0.15) is 5.56 Å². The van der Waals surface area contributed by atoms with Gasteiger partial charge in [0.05, 0.1) is 6.61 Å². The molecule has 0 aliphatic carbocycles. The number of aryl methyl sites for hydroxylation is 1. The van der Waals surface area contributed by atoms with Crippen LogP contribution in [0.4, 0.5) is 0 Å². The van der Waals surface area contributed by atoms with Crippen LogP contribution in [0.15, 0.2) is 18.2 Å². The van der Waals surface area contributed by atoms with Crippen molar-refractivity contribution in [3.8, 4) is 11.5 Å². The summed E-state index contributed by atoms with van der Waals surface area (Å²) in [5, 5.41) is 9.42.